The molecule has 1 fully saturated rings. The second-order valence-corrected chi connectivity index (χ2v) is 7.58. The average Bonchev–Trinajstić information content (AvgIpc) is 3.48. The summed E-state index contributed by atoms with van der Waals surface area (Å²) in [7, 11) is 0. The number of anilines is 1. The number of piperidine rings is 1. The van der Waals surface area contributed by atoms with E-state index in [2.05, 4.69) is 36.4 Å². The lowest BCUT2D eigenvalue weighted by Crippen LogP contribution is -2.37. The quantitative estimate of drug-likeness (QED) is 0.530. The van der Waals surface area contributed by atoms with Crippen LogP contribution < -0.4 is 5.32 Å². The number of carbonyl (C=O) groups is 1. The van der Waals surface area contributed by atoms with E-state index >= 15 is 0 Å². The molecular weight excluding hydrogens is 380 g/mol. The third-order valence-corrected chi connectivity index (χ3v) is 5.61. The maximum absolute atomic E-state index is 12.8. The van der Waals surface area contributed by atoms with Crippen molar-refractivity contribution in [1.29, 1.82) is 0 Å². The zero-order valence-corrected chi connectivity index (χ0v) is 16.4. The summed E-state index contributed by atoms with van der Waals surface area (Å²) in [6.07, 6.45) is 10.3. The molecular formula is C22H22N6O2. The fourth-order valence-corrected chi connectivity index (χ4v) is 3.90. The lowest BCUT2D eigenvalue weighted by molar-refractivity contribution is -0.121. The number of amides is 1. The van der Waals surface area contributed by atoms with Crippen LogP contribution in [-0.2, 0) is 11.3 Å². The van der Waals surface area contributed by atoms with Gasteiger partial charge in [0.15, 0.2) is 0 Å². The minimum absolute atomic E-state index is 0.0134. The summed E-state index contributed by atoms with van der Waals surface area (Å²) in [6.45, 7) is 2.38. The molecule has 0 atom stereocenters. The maximum Gasteiger partial charge on any atom is 0.228 e. The Kier molecular flexibility index (Phi) is 4.98. The Labute approximate surface area is 173 Å². The number of hydrogen-bond donors (Lipinski definition) is 2. The van der Waals surface area contributed by atoms with Crippen molar-refractivity contribution >= 4 is 22.5 Å². The summed E-state index contributed by atoms with van der Waals surface area (Å²) in [5.41, 5.74) is 2.09. The van der Waals surface area contributed by atoms with Crippen LogP contribution in [0.15, 0.2) is 59.7 Å². The highest BCUT2D eigenvalue weighted by atomic mass is 16.3. The predicted octanol–water partition coefficient (Wildman–Crippen LogP) is 3.46. The lowest BCUT2D eigenvalue weighted by atomic mass is 9.96. The van der Waals surface area contributed by atoms with Crippen LogP contribution in [0.3, 0.4) is 0 Å². The first-order valence-corrected chi connectivity index (χ1v) is 10.1. The number of rotatable bonds is 5. The van der Waals surface area contributed by atoms with Gasteiger partial charge in [0, 0.05) is 29.3 Å². The first kappa shape index (κ1) is 18.5. The number of hydrogen-bond acceptors (Lipinski definition) is 6. The Morgan fingerprint density at radius 3 is 2.80 bits per heavy atom. The number of nitrogens with one attached hydrogen (secondary N) is 2. The van der Waals surface area contributed by atoms with Gasteiger partial charge in [0.25, 0.3) is 0 Å². The number of aromatic amines is 1. The van der Waals surface area contributed by atoms with E-state index in [1.807, 2.05) is 24.4 Å². The molecule has 1 amide bonds. The molecule has 8 heteroatoms. The first-order chi connectivity index (χ1) is 14.7. The molecule has 0 bridgehead atoms. The second-order valence-electron chi connectivity index (χ2n) is 7.58. The van der Waals surface area contributed by atoms with E-state index in [9.17, 15) is 4.79 Å². The molecule has 1 aliphatic heterocycles. The van der Waals surface area contributed by atoms with Crippen molar-refractivity contribution < 1.29 is 9.21 Å². The van der Waals surface area contributed by atoms with Crippen LogP contribution in [0.25, 0.3) is 21.9 Å². The molecule has 2 N–H and O–H groups in total. The summed E-state index contributed by atoms with van der Waals surface area (Å²) < 4.78 is 5.31. The Morgan fingerprint density at radius 1 is 1.13 bits per heavy atom. The number of carbonyl (C=O) groups excluding carboxylic acids is 1. The van der Waals surface area contributed by atoms with E-state index in [0.29, 0.717) is 18.3 Å². The largest absolute Gasteiger partial charge is 0.448 e. The van der Waals surface area contributed by atoms with Gasteiger partial charge in [-0.25, -0.2) is 9.97 Å². The van der Waals surface area contributed by atoms with Gasteiger partial charge >= 0.3 is 0 Å². The normalized spacial score (nSPS) is 15.5. The van der Waals surface area contributed by atoms with Crippen LogP contribution in [0.2, 0.25) is 0 Å². The number of nitrogens with zero attached hydrogens (tertiary/aromatic N) is 4. The average molecular weight is 402 g/mol. The van der Waals surface area contributed by atoms with E-state index < -0.39 is 0 Å². The number of aromatic nitrogens is 4. The van der Waals surface area contributed by atoms with Gasteiger partial charge in [0.05, 0.1) is 18.9 Å². The summed E-state index contributed by atoms with van der Waals surface area (Å²) in [5, 5.41) is 11.9. The Morgan fingerprint density at radius 2 is 2.03 bits per heavy atom. The summed E-state index contributed by atoms with van der Waals surface area (Å²) >= 11 is 0. The Balaban J connectivity index is 1.23. The summed E-state index contributed by atoms with van der Waals surface area (Å²) in [4.78, 5) is 23.6. The molecule has 1 saturated heterocycles. The van der Waals surface area contributed by atoms with Crippen LogP contribution in [0.5, 0.6) is 0 Å². The van der Waals surface area contributed by atoms with Gasteiger partial charge in [-0.05, 0) is 49.0 Å². The van der Waals surface area contributed by atoms with Crippen LogP contribution in [0.4, 0.5) is 5.82 Å². The van der Waals surface area contributed by atoms with Crippen molar-refractivity contribution in [3.63, 3.8) is 0 Å². The molecule has 0 aliphatic carbocycles. The molecule has 0 radical (unpaired) electrons. The standard InChI is InChI=1S/C22H22N6O2/c29-22(15-3-6-28(7-4-15)14-21-23-5-8-30-21)27-20-10-18-9-16(19-12-25-26-13-19)1-2-17(18)11-24-20/h1-2,5,8-13,15H,3-4,6-7,14H2,(H,25,26)(H,24,27,29). The minimum Gasteiger partial charge on any atom is -0.448 e. The van der Waals surface area contributed by atoms with E-state index in [-0.39, 0.29) is 11.8 Å². The molecule has 0 unspecified atom stereocenters. The van der Waals surface area contributed by atoms with Gasteiger partial charge < -0.3 is 9.73 Å². The van der Waals surface area contributed by atoms with E-state index in [0.717, 1.165) is 47.8 Å². The highest BCUT2D eigenvalue weighted by molar-refractivity contribution is 5.95. The van der Waals surface area contributed by atoms with E-state index in [1.54, 1.807) is 24.9 Å². The first-order valence-electron chi connectivity index (χ1n) is 10.1. The van der Waals surface area contributed by atoms with Crippen molar-refractivity contribution in [1.82, 2.24) is 25.1 Å². The highest BCUT2D eigenvalue weighted by Crippen LogP contribution is 2.26. The van der Waals surface area contributed by atoms with Gasteiger partial charge in [-0.3, -0.25) is 14.8 Å². The smallest absolute Gasteiger partial charge is 0.228 e. The third-order valence-electron chi connectivity index (χ3n) is 5.61. The van der Waals surface area contributed by atoms with Gasteiger partial charge in [-0.2, -0.15) is 5.10 Å². The fraction of sp³-hybridized carbons (Fsp3) is 0.273. The highest BCUT2D eigenvalue weighted by Gasteiger charge is 2.26. The molecule has 5 rings (SSSR count). The number of pyridine rings is 1. The Hall–Kier alpha value is -3.52. The van der Waals surface area contributed by atoms with Gasteiger partial charge in [0.1, 0.15) is 12.1 Å². The zero-order chi connectivity index (χ0) is 20.3. The van der Waals surface area contributed by atoms with Crippen LogP contribution in [-0.4, -0.2) is 44.1 Å². The van der Waals surface area contributed by atoms with Crippen molar-refractivity contribution in [2.75, 3.05) is 18.4 Å². The van der Waals surface area contributed by atoms with Gasteiger partial charge in [0.2, 0.25) is 11.8 Å². The fourth-order valence-electron chi connectivity index (χ4n) is 3.90. The van der Waals surface area contributed by atoms with Crippen molar-refractivity contribution in [2.24, 2.45) is 5.92 Å². The van der Waals surface area contributed by atoms with Crippen molar-refractivity contribution in [3.8, 4) is 11.1 Å². The van der Waals surface area contributed by atoms with Crippen molar-refractivity contribution in [2.45, 2.75) is 19.4 Å². The molecule has 30 heavy (non-hydrogen) atoms. The van der Waals surface area contributed by atoms with E-state index in [4.69, 9.17) is 4.42 Å². The Bertz CT molecular complexity index is 1130. The minimum atomic E-state index is -0.0134. The molecule has 1 aliphatic rings. The summed E-state index contributed by atoms with van der Waals surface area (Å²) in [5.74, 6) is 1.32. The second kappa shape index (κ2) is 8.08. The number of H-pyrrole nitrogens is 1. The predicted molar refractivity (Wildman–Crippen MR) is 112 cm³/mol. The topological polar surface area (TPSA) is 99.9 Å². The third kappa shape index (κ3) is 3.95. The maximum atomic E-state index is 12.8. The van der Waals surface area contributed by atoms with Gasteiger partial charge in [-0.15, -0.1) is 0 Å². The monoisotopic (exact) mass is 402 g/mol. The molecule has 8 nitrogen and oxygen atoms in total. The molecule has 152 valence electrons. The molecule has 4 heterocycles. The zero-order valence-electron chi connectivity index (χ0n) is 16.4. The SMILES string of the molecule is O=C(Nc1cc2cc(-c3cn[nH]c3)ccc2cn1)C1CCN(Cc2ncco2)CC1. The molecule has 4 aromatic rings. The number of fused-ring (bicyclic) bond motifs is 1. The van der Waals surface area contributed by atoms with Crippen molar-refractivity contribution in [3.05, 3.63) is 61.2 Å². The van der Waals surface area contributed by atoms with Crippen LogP contribution >= 0.6 is 0 Å². The number of likely N-dealkylation sites (tertiary alicyclic amines) is 1. The number of benzene rings is 1. The lowest BCUT2D eigenvalue weighted by Gasteiger charge is -2.30. The summed E-state index contributed by atoms with van der Waals surface area (Å²) in [6, 6.07) is 8.08. The molecule has 3 aromatic heterocycles. The number of oxazole rings is 1. The molecule has 1 aromatic carbocycles. The molecule has 0 saturated carbocycles. The van der Waals surface area contributed by atoms with Crippen LogP contribution in [0.1, 0.15) is 18.7 Å². The van der Waals surface area contributed by atoms with E-state index in [1.165, 1.54) is 0 Å². The van der Waals surface area contributed by atoms with Gasteiger partial charge in [-0.1, -0.05) is 12.1 Å². The van der Waals surface area contributed by atoms with Crippen LogP contribution in [0, 0.1) is 5.92 Å². The molecule has 0 spiro atoms.